The van der Waals surface area contributed by atoms with Crippen molar-refractivity contribution in [3.05, 3.63) is 59.7 Å². The molecule has 0 radical (unpaired) electrons. The first-order valence-corrected chi connectivity index (χ1v) is 9.08. The molecule has 1 N–H and O–H groups in total. The Balaban J connectivity index is 1.60. The minimum absolute atomic E-state index is 0.0387. The summed E-state index contributed by atoms with van der Waals surface area (Å²) in [5.41, 5.74) is 1.11. The minimum atomic E-state index is -1.29. The molecule has 1 saturated heterocycles. The number of anilines is 2. The summed E-state index contributed by atoms with van der Waals surface area (Å²) in [5.74, 6) is -4.42. The first-order valence-electron chi connectivity index (χ1n) is 9.08. The number of esters is 1. The van der Waals surface area contributed by atoms with Crippen LogP contribution in [-0.2, 0) is 19.1 Å². The van der Waals surface area contributed by atoms with Crippen LogP contribution in [-0.4, -0.2) is 30.4 Å². The van der Waals surface area contributed by atoms with Crippen molar-refractivity contribution in [2.75, 3.05) is 16.8 Å². The summed E-state index contributed by atoms with van der Waals surface area (Å²) in [6, 6.07) is 10.5. The van der Waals surface area contributed by atoms with Gasteiger partial charge in [0, 0.05) is 18.7 Å². The molecule has 2 atom stereocenters. The Kier molecular flexibility index (Phi) is 5.91. The highest BCUT2D eigenvalue weighted by Crippen LogP contribution is 2.26. The Labute approximate surface area is 166 Å². The van der Waals surface area contributed by atoms with Crippen LogP contribution >= 0.6 is 0 Å². The molecule has 0 aromatic heterocycles. The molecule has 29 heavy (non-hydrogen) atoms. The van der Waals surface area contributed by atoms with E-state index in [1.165, 1.54) is 17.9 Å². The van der Waals surface area contributed by atoms with E-state index in [9.17, 15) is 23.2 Å². The van der Waals surface area contributed by atoms with Crippen LogP contribution < -0.4 is 10.2 Å². The molecule has 1 fully saturated rings. The Hall–Kier alpha value is -3.29. The van der Waals surface area contributed by atoms with Gasteiger partial charge in [0.15, 0.2) is 6.10 Å². The van der Waals surface area contributed by atoms with Crippen molar-refractivity contribution in [1.82, 2.24) is 0 Å². The monoisotopic (exact) mass is 402 g/mol. The van der Waals surface area contributed by atoms with Gasteiger partial charge in [-0.15, -0.1) is 0 Å². The summed E-state index contributed by atoms with van der Waals surface area (Å²) in [4.78, 5) is 38.3. The van der Waals surface area contributed by atoms with Crippen molar-refractivity contribution in [3.8, 4) is 0 Å². The quantitative estimate of drug-likeness (QED) is 0.780. The fourth-order valence-electron chi connectivity index (χ4n) is 3.01. The van der Waals surface area contributed by atoms with Gasteiger partial charge < -0.3 is 15.0 Å². The van der Waals surface area contributed by atoms with Crippen LogP contribution in [0.5, 0.6) is 0 Å². The van der Waals surface area contributed by atoms with Crippen LogP contribution in [0.15, 0.2) is 42.5 Å². The third kappa shape index (κ3) is 4.59. The van der Waals surface area contributed by atoms with Crippen molar-refractivity contribution in [3.63, 3.8) is 0 Å². The number of ether oxygens (including phenoxy) is 1. The zero-order chi connectivity index (χ0) is 21.1. The molecular weight excluding hydrogens is 382 g/mol. The van der Waals surface area contributed by atoms with Gasteiger partial charge in [0.2, 0.25) is 5.91 Å². The molecule has 0 spiro atoms. The lowest BCUT2D eigenvalue weighted by atomic mass is 10.1. The number of aryl methyl sites for hydroxylation is 1. The topological polar surface area (TPSA) is 75.7 Å². The predicted octanol–water partition coefficient (Wildman–Crippen LogP) is 3.20. The summed E-state index contributed by atoms with van der Waals surface area (Å²) >= 11 is 0. The number of benzene rings is 2. The lowest BCUT2D eigenvalue weighted by Crippen LogP contribution is -2.33. The molecule has 1 aliphatic rings. The Morgan fingerprint density at radius 3 is 2.38 bits per heavy atom. The number of carbonyl (C=O) groups is 3. The van der Waals surface area contributed by atoms with E-state index in [-0.39, 0.29) is 18.9 Å². The molecule has 3 rings (SSSR count). The molecule has 1 aliphatic heterocycles. The van der Waals surface area contributed by atoms with Gasteiger partial charge >= 0.3 is 5.97 Å². The highest BCUT2D eigenvalue weighted by Gasteiger charge is 2.37. The Morgan fingerprint density at radius 1 is 1.14 bits per heavy atom. The highest BCUT2D eigenvalue weighted by molar-refractivity contribution is 6.00. The third-order valence-electron chi connectivity index (χ3n) is 4.68. The van der Waals surface area contributed by atoms with E-state index in [0.717, 1.165) is 17.7 Å². The number of carbonyl (C=O) groups excluding carboxylic acids is 3. The maximum Gasteiger partial charge on any atom is 0.312 e. The number of nitrogens with one attached hydrogen (secondary N) is 1. The van der Waals surface area contributed by atoms with Crippen LogP contribution in [0.3, 0.4) is 0 Å². The Bertz CT molecular complexity index is 926. The molecule has 2 amide bonds. The fraction of sp³-hybridized carbons (Fsp3) is 0.286. The summed E-state index contributed by atoms with van der Waals surface area (Å²) in [6.07, 6.45) is -1.33. The van der Waals surface area contributed by atoms with Crippen molar-refractivity contribution in [2.24, 2.45) is 5.92 Å². The highest BCUT2D eigenvalue weighted by atomic mass is 19.1. The first kappa shape index (κ1) is 20.4. The maximum atomic E-state index is 13.6. The zero-order valence-electron chi connectivity index (χ0n) is 15.9. The van der Waals surface area contributed by atoms with Crippen LogP contribution in [0, 0.1) is 24.5 Å². The zero-order valence-corrected chi connectivity index (χ0v) is 15.9. The van der Waals surface area contributed by atoms with E-state index >= 15 is 0 Å². The lowest BCUT2D eigenvalue weighted by Gasteiger charge is -2.18. The van der Waals surface area contributed by atoms with E-state index in [2.05, 4.69) is 5.32 Å². The van der Waals surface area contributed by atoms with Crippen LogP contribution in [0.1, 0.15) is 18.9 Å². The first-order chi connectivity index (χ1) is 13.8. The van der Waals surface area contributed by atoms with Gasteiger partial charge in [0.25, 0.3) is 5.91 Å². The van der Waals surface area contributed by atoms with Crippen molar-refractivity contribution < 1.29 is 27.9 Å². The normalized spacial score (nSPS) is 17.2. The third-order valence-corrected chi connectivity index (χ3v) is 4.68. The molecule has 6 nitrogen and oxygen atoms in total. The molecule has 1 heterocycles. The standard InChI is InChI=1S/C21H20F2N2O4/c1-12-6-8-15(9-7-12)25-11-14(10-18(25)26)21(28)29-13(2)20(27)24-19-16(22)4-3-5-17(19)23/h3-9,13-14H,10-11H2,1-2H3,(H,24,27)/t13-,14+/m0/s1. The summed E-state index contributed by atoms with van der Waals surface area (Å²) in [7, 11) is 0. The average Bonchev–Trinajstić information content (AvgIpc) is 3.07. The van der Waals surface area contributed by atoms with Gasteiger partial charge in [-0.1, -0.05) is 23.8 Å². The molecule has 2 aromatic rings. The number of para-hydroxylation sites is 1. The number of halogens is 2. The van der Waals surface area contributed by atoms with E-state index < -0.39 is 41.2 Å². The molecule has 2 aromatic carbocycles. The number of hydrogen-bond donors (Lipinski definition) is 1. The van der Waals surface area contributed by atoms with Crippen LogP contribution in [0.25, 0.3) is 0 Å². The molecule has 0 aliphatic carbocycles. The molecular formula is C21H20F2N2O4. The number of nitrogens with zero attached hydrogens (tertiary/aromatic N) is 1. The summed E-state index contributed by atoms with van der Waals surface area (Å²) in [5, 5.41) is 2.08. The van der Waals surface area contributed by atoms with Gasteiger partial charge in [-0.2, -0.15) is 0 Å². The second-order valence-corrected chi connectivity index (χ2v) is 6.91. The van der Waals surface area contributed by atoms with Crippen molar-refractivity contribution in [1.29, 1.82) is 0 Å². The molecule has 0 bridgehead atoms. The SMILES string of the molecule is Cc1ccc(N2C[C@H](C(=O)O[C@@H](C)C(=O)Nc3c(F)cccc3F)CC2=O)cc1. The molecule has 0 unspecified atom stereocenters. The Morgan fingerprint density at radius 2 is 1.76 bits per heavy atom. The van der Waals surface area contributed by atoms with Gasteiger partial charge in [0.05, 0.1) is 5.92 Å². The average molecular weight is 402 g/mol. The lowest BCUT2D eigenvalue weighted by molar-refractivity contribution is -0.157. The maximum absolute atomic E-state index is 13.6. The van der Waals surface area contributed by atoms with Gasteiger partial charge in [-0.05, 0) is 38.1 Å². The van der Waals surface area contributed by atoms with E-state index in [1.807, 2.05) is 19.1 Å². The van der Waals surface area contributed by atoms with Crippen molar-refractivity contribution in [2.45, 2.75) is 26.4 Å². The van der Waals surface area contributed by atoms with Crippen molar-refractivity contribution >= 4 is 29.2 Å². The number of amides is 2. The number of hydrogen-bond acceptors (Lipinski definition) is 4. The second kappa shape index (κ2) is 8.38. The molecule has 8 heteroatoms. The van der Waals surface area contributed by atoms with Gasteiger partial charge in [-0.3, -0.25) is 14.4 Å². The largest absolute Gasteiger partial charge is 0.452 e. The van der Waals surface area contributed by atoms with Gasteiger partial charge in [-0.25, -0.2) is 8.78 Å². The van der Waals surface area contributed by atoms with Crippen LogP contribution in [0.2, 0.25) is 0 Å². The summed E-state index contributed by atoms with van der Waals surface area (Å²) in [6.45, 7) is 3.35. The van der Waals surface area contributed by atoms with E-state index in [4.69, 9.17) is 4.74 Å². The number of rotatable bonds is 5. The minimum Gasteiger partial charge on any atom is -0.452 e. The van der Waals surface area contributed by atoms with Crippen LogP contribution in [0.4, 0.5) is 20.2 Å². The molecule has 152 valence electrons. The van der Waals surface area contributed by atoms with E-state index in [1.54, 1.807) is 12.1 Å². The predicted molar refractivity (Wildman–Crippen MR) is 102 cm³/mol. The fourth-order valence-corrected chi connectivity index (χ4v) is 3.01. The van der Waals surface area contributed by atoms with Gasteiger partial charge in [0.1, 0.15) is 17.3 Å². The summed E-state index contributed by atoms with van der Waals surface area (Å²) < 4.78 is 32.4. The second-order valence-electron chi connectivity index (χ2n) is 6.91. The van der Waals surface area contributed by atoms with E-state index in [0.29, 0.717) is 5.69 Å². The smallest absolute Gasteiger partial charge is 0.312 e. The molecule has 0 saturated carbocycles.